The maximum absolute atomic E-state index is 13.1. The minimum Gasteiger partial charge on any atom is -0.476 e. The molecule has 0 fully saturated rings. The molecule has 6 rings (SSSR count). The average molecular weight is 520 g/mol. The van der Waals surface area contributed by atoms with Crippen LogP contribution >= 0.6 is 11.3 Å². The Hall–Kier alpha value is -4.49. The van der Waals surface area contributed by atoms with E-state index in [0.29, 0.717) is 5.69 Å². The summed E-state index contributed by atoms with van der Waals surface area (Å²) in [5, 5.41) is 15.0. The summed E-state index contributed by atoms with van der Waals surface area (Å²) in [4.78, 5) is 29.2. The number of para-hydroxylation sites is 1. The van der Waals surface area contributed by atoms with E-state index >= 15 is 0 Å². The number of amides is 1. The van der Waals surface area contributed by atoms with E-state index in [4.69, 9.17) is 0 Å². The molecule has 2 aliphatic heterocycles. The molecule has 1 N–H and O–H groups in total. The quantitative estimate of drug-likeness (QED) is 0.299. The number of carbonyl (C=O) groups excluding carboxylic acids is 1. The van der Waals surface area contributed by atoms with Crippen molar-refractivity contribution in [3.8, 4) is 10.4 Å². The molecule has 4 aromatic rings. The Labute approximate surface area is 224 Å². The van der Waals surface area contributed by atoms with Gasteiger partial charge in [0.15, 0.2) is 5.71 Å². The number of hydrogen-bond donors (Lipinski definition) is 1. The van der Waals surface area contributed by atoms with Gasteiger partial charge in [0, 0.05) is 27.7 Å². The molecule has 0 bridgehead atoms. The lowest BCUT2D eigenvalue weighted by Gasteiger charge is -2.31. The molecule has 2 aliphatic rings. The normalized spacial score (nSPS) is 16.1. The van der Waals surface area contributed by atoms with Crippen LogP contribution in [0.2, 0.25) is 0 Å². The number of aryl methyl sites for hydroxylation is 2. The van der Waals surface area contributed by atoms with Crippen molar-refractivity contribution >= 4 is 52.1 Å². The standard InChI is InChI=1S/C31H25N3O3S/c1-20-9-12-23(13-10-20)33-17-5-6-21-18-22(11-15-27(21)33)28-16-14-25(38-28)19-26-29(31(36)37)32-34(30(26)35)24-7-3-2-4-8-24/h2-4,7-16,18-19H,5-6,17H2,1H3,(H,36,37)/b26-19-. The first-order valence-corrected chi connectivity index (χ1v) is 13.3. The van der Waals surface area contributed by atoms with Gasteiger partial charge < -0.3 is 10.0 Å². The molecule has 1 aromatic heterocycles. The molecule has 1 amide bonds. The van der Waals surface area contributed by atoms with E-state index in [1.54, 1.807) is 30.3 Å². The fourth-order valence-corrected chi connectivity index (χ4v) is 5.87. The lowest BCUT2D eigenvalue weighted by molar-refractivity contribution is -0.129. The largest absolute Gasteiger partial charge is 0.476 e. The van der Waals surface area contributed by atoms with Crippen molar-refractivity contribution in [1.82, 2.24) is 0 Å². The maximum Gasteiger partial charge on any atom is 0.357 e. The van der Waals surface area contributed by atoms with Crippen molar-refractivity contribution in [2.45, 2.75) is 19.8 Å². The molecule has 6 nitrogen and oxygen atoms in total. The SMILES string of the molecule is Cc1ccc(N2CCCc3cc(-c4ccc(/C=C5\C(=O)N(c6ccccc6)N=C5C(=O)O)s4)ccc32)cc1. The van der Waals surface area contributed by atoms with Gasteiger partial charge in [-0.15, -0.1) is 11.3 Å². The Morgan fingerprint density at radius 2 is 1.76 bits per heavy atom. The number of hydrazone groups is 1. The summed E-state index contributed by atoms with van der Waals surface area (Å²) in [6.07, 6.45) is 3.74. The lowest BCUT2D eigenvalue weighted by atomic mass is 9.98. The van der Waals surface area contributed by atoms with Gasteiger partial charge in [0.25, 0.3) is 5.91 Å². The second kappa shape index (κ2) is 9.76. The second-order valence-corrected chi connectivity index (χ2v) is 10.5. The third-order valence-corrected chi connectivity index (χ3v) is 7.90. The highest BCUT2D eigenvalue weighted by molar-refractivity contribution is 7.16. The predicted octanol–water partition coefficient (Wildman–Crippen LogP) is 6.68. The number of anilines is 3. The van der Waals surface area contributed by atoms with Crippen LogP contribution < -0.4 is 9.91 Å². The molecule has 0 aliphatic carbocycles. The van der Waals surface area contributed by atoms with Crippen molar-refractivity contribution < 1.29 is 14.7 Å². The number of benzene rings is 3. The first-order valence-electron chi connectivity index (χ1n) is 12.5. The van der Waals surface area contributed by atoms with Crippen LogP contribution in [0.15, 0.2) is 95.6 Å². The maximum atomic E-state index is 13.1. The summed E-state index contributed by atoms with van der Waals surface area (Å²) < 4.78 is 0. The summed E-state index contributed by atoms with van der Waals surface area (Å²) in [5.74, 6) is -1.68. The molecule has 3 aromatic carbocycles. The first kappa shape index (κ1) is 23.9. The molecule has 38 heavy (non-hydrogen) atoms. The number of thiophene rings is 1. The zero-order valence-electron chi connectivity index (χ0n) is 20.8. The van der Waals surface area contributed by atoms with E-state index in [-0.39, 0.29) is 11.3 Å². The smallest absolute Gasteiger partial charge is 0.357 e. The highest BCUT2D eigenvalue weighted by Crippen LogP contribution is 2.38. The van der Waals surface area contributed by atoms with Crippen LogP contribution in [0.4, 0.5) is 17.1 Å². The van der Waals surface area contributed by atoms with Crippen LogP contribution in [-0.4, -0.2) is 29.2 Å². The molecule has 0 spiro atoms. The molecule has 0 saturated carbocycles. The Bertz CT molecular complexity index is 1600. The first-order chi connectivity index (χ1) is 18.5. The van der Waals surface area contributed by atoms with E-state index in [2.05, 4.69) is 59.4 Å². The highest BCUT2D eigenvalue weighted by atomic mass is 32.1. The van der Waals surface area contributed by atoms with Crippen LogP contribution in [0.5, 0.6) is 0 Å². The number of nitrogens with zero attached hydrogens (tertiary/aromatic N) is 3. The molecular weight excluding hydrogens is 494 g/mol. The van der Waals surface area contributed by atoms with E-state index in [0.717, 1.165) is 39.7 Å². The second-order valence-electron chi connectivity index (χ2n) is 9.40. The summed E-state index contributed by atoms with van der Waals surface area (Å²) in [6, 6.07) is 28.0. The van der Waals surface area contributed by atoms with Crippen molar-refractivity contribution in [3.63, 3.8) is 0 Å². The van der Waals surface area contributed by atoms with E-state index in [9.17, 15) is 14.7 Å². The van der Waals surface area contributed by atoms with Crippen LogP contribution in [0.1, 0.15) is 22.4 Å². The number of carboxylic acids is 1. The van der Waals surface area contributed by atoms with Gasteiger partial charge in [0.1, 0.15) is 0 Å². The zero-order valence-corrected chi connectivity index (χ0v) is 21.6. The molecule has 188 valence electrons. The van der Waals surface area contributed by atoms with Crippen molar-refractivity contribution in [1.29, 1.82) is 0 Å². The highest BCUT2D eigenvalue weighted by Gasteiger charge is 2.35. The van der Waals surface area contributed by atoms with Crippen LogP contribution in [0.3, 0.4) is 0 Å². The van der Waals surface area contributed by atoms with Gasteiger partial charge in [-0.05, 0) is 85.5 Å². The average Bonchev–Trinajstić information content (AvgIpc) is 3.54. The van der Waals surface area contributed by atoms with Gasteiger partial charge in [-0.2, -0.15) is 10.1 Å². The number of fused-ring (bicyclic) bond motifs is 1. The summed E-state index contributed by atoms with van der Waals surface area (Å²) in [7, 11) is 0. The molecule has 3 heterocycles. The molecule has 0 unspecified atom stereocenters. The summed E-state index contributed by atoms with van der Waals surface area (Å²) in [5.41, 5.74) is 6.47. The minimum absolute atomic E-state index is 0.0777. The number of hydrogen-bond acceptors (Lipinski definition) is 5. The summed E-state index contributed by atoms with van der Waals surface area (Å²) in [6.45, 7) is 3.09. The fourth-order valence-electron chi connectivity index (χ4n) is 4.92. The summed E-state index contributed by atoms with van der Waals surface area (Å²) >= 11 is 1.53. The molecule has 0 saturated heterocycles. The van der Waals surface area contributed by atoms with Gasteiger partial charge >= 0.3 is 5.97 Å². The third-order valence-electron chi connectivity index (χ3n) is 6.82. The van der Waals surface area contributed by atoms with Crippen molar-refractivity contribution in [2.75, 3.05) is 16.5 Å². The van der Waals surface area contributed by atoms with Gasteiger partial charge in [-0.3, -0.25) is 4.79 Å². The molecule has 0 atom stereocenters. The molecule has 7 heteroatoms. The number of carboxylic acid groups (broad SMARTS) is 1. The van der Waals surface area contributed by atoms with E-state index in [1.807, 2.05) is 18.2 Å². The van der Waals surface area contributed by atoms with E-state index < -0.39 is 11.9 Å². The minimum atomic E-state index is -1.23. The van der Waals surface area contributed by atoms with Gasteiger partial charge in [-0.1, -0.05) is 42.0 Å². The van der Waals surface area contributed by atoms with E-state index in [1.165, 1.54) is 33.8 Å². The van der Waals surface area contributed by atoms with Crippen molar-refractivity contribution in [3.05, 3.63) is 107 Å². The third kappa shape index (κ3) is 4.41. The van der Waals surface area contributed by atoms with Gasteiger partial charge in [-0.25, -0.2) is 4.79 Å². The zero-order chi connectivity index (χ0) is 26.2. The number of rotatable bonds is 5. The van der Waals surface area contributed by atoms with Gasteiger partial charge in [0.05, 0.1) is 11.3 Å². The Kier molecular flexibility index (Phi) is 6.13. The topological polar surface area (TPSA) is 73.2 Å². The van der Waals surface area contributed by atoms with Crippen LogP contribution in [-0.2, 0) is 16.0 Å². The Balaban J connectivity index is 1.29. The molecular formula is C31H25N3O3S. The van der Waals surface area contributed by atoms with Crippen molar-refractivity contribution in [2.24, 2.45) is 5.10 Å². The van der Waals surface area contributed by atoms with Crippen LogP contribution in [0.25, 0.3) is 16.5 Å². The van der Waals surface area contributed by atoms with Crippen LogP contribution in [0, 0.1) is 6.92 Å². The number of aliphatic carboxylic acids is 1. The Morgan fingerprint density at radius 3 is 2.53 bits per heavy atom. The van der Waals surface area contributed by atoms with Gasteiger partial charge in [0.2, 0.25) is 0 Å². The number of carbonyl (C=O) groups is 2. The Morgan fingerprint density at radius 1 is 0.974 bits per heavy atom. The monoisotopic (exact) mass is 519 g/mol. The lowest BCUT2D eigenvalue weighted by Crippen LogP contribution is -2.24. The molecule has 0 radical (unpaired) electrons. The predicted molar refractivity (Wildman–Crippen MR) is 153 cm³/mol. The fraction of sp³-hybridized carbons (Fsp3) is 0.129.